The molecule has 0 heterocycles. The second kappa shape index (κ2) is 6.23. The molecule has 0 aliphatic rings. The zero-order valence-corrected chi connectivity index (χ0v) is 10.6. The van der Waals surface area contributed by atoms with Gasteiger partial charge >= 0.3 is 5.97 Å². The van der Waals surface area contributed by atoms with Gasteiger partial charge in [0, 0.05) is 23.2 Å². The van der Waals surface area contributed by atoms with Crippen LogP contribution in [0.4, 0.5) is 0 Å². The summed E-state index contributed by atoms with van der Waals surface area (Å²) in [6.07, 6.45) is 0. The van der Waals surface area contributed by atoms with Crippen LogP contribution in [0.5, 0.6) is 0 Å². The first-order chi connectivity index (χ1) is 6.78. The van der Waals surface area contributed by atoms with Crippen molar-refractivity contribution in [1.29, 1.82) is 0 Å². The van der Waals surface area contributed by atoms with Gasteiger partial charge in [-0.15, -0.1) is 0 Å². The molecule has 4 nitrogen and oxygen atoms in total. The Bertz CT molecular complexity index is 236. The lowest BCUT2D eigenvalue weighted by atomic mass is 10.2. The van der Waals surface area contributed by atoms with Crippen molar-refractivity contribution in [2.75, 3.05) is 19.0 Å². The van der Waals surface area contributed by atoms with Gasteiger partial charge in [-0.3, -0.25) is 9.00 Å². The zero-order chi connectivity index (χ0) is 12.1. The van der Waals surface area contributed by atoms with Gasteiger partial charge in [-0.05, 0) is 19.8 Å². The average molecular weight is 236 g/mol. The molecule has 0 saturated heterocycles. The van der Waals surface area contributed by atoms with E-state index < -0.39 is 21.5 Å². The molecule has 0 spiro atoms. The summed E-state index contributed by atoms with van der Waals surface area (Å²) < 4.78 is 15.7. The van der Waals surface area contributed by atoms with Crippen LogP contribution in [-0.2, 0) is 20.3 Å². The molecule has 1 N–H and O–H groups in total. The van der Waals surface area contributed by atoms with Crippen molar-refractivity contribution in [3.63, 3.8) is 0 Å². The molecule has 0 rings (SSSR count). The van der Waals surface area contributed by atoms with Crippen LogP contribution in [0.15, 0.2) is 0 Å². The molecule has 5 heteroatoms. The third kappa shape index (κ3) is 5.28. The Morgan fingerprint density at radius 1 is 1.47 bits per heavy atom. The Morgan fingerprint density at radius 3 is 2.40 bits per heavy atom. The van der Waals surface area contributed by atoms with Crippen molar-refractivity contribution in [3.8, 4) is 0 Å². The Morgan fingerprint density at radius 2 is 2.00 bits per heavy atom. The van der Waals surface area contributed by atoms with Crippen LogP contribution in [0, 0.1) is 5.92 Å². The highest BCUT2D eigenvalue weighted by atomic mass is 32.2. The Labute approximate surface area is 93.5 Å². The van der Waals surface area contributed by atoms with Crippen molar-refractivity contribution in [1.82, 2.24) is 0 Å². The van der Waals surface area contributed by atoms with E-state index in [-0.39, 0.29) is 5.75 Å². The maximum absolute atomic E-state index is 11.6. The van der Waals surface area contributed by atoms with Crippen LogP contribution >= 0.6 is 0 Å². The van der Waals surface area contributed by atoms with Crippen LogP contribution in [-0.4, -0.2) is 39.0 Å². The summed E-state index contributed by atoms with van der Waals surface area (Å²) in [6.45, 7) is 7.95. The summed E-state index contributed by atoms with van der Waals surface area (Å²) in [7, 11) is -1.40. The molecule has 0 aliphatic carbocycles. The molecule has 15 heavy (non-hydrogen) atoms. The van der Waals surface area contributed by atoms with Gasteiger partial charge in [-0.25, -0.2) is 0 Å². The number of hydrogen-bond acceptors (Lipinski definition) is 3. The van der Waals surface area contributed by atoms with Crippen molar-refractivity contribution in [3.05, 3.63) is 0 Å². The maximum atomic E-state index is 11.6. The molecule has 0 bridgehead atoms. The molecule has 0 amide bonds. The maximum Gasteiger partial charge on any atom is 0.321 e. The molecule has 90 valence electrons. The SMILES string of the molecule is CC(C)COCCS(=O)C(C)(C)C(=O)O. The lowest BCUT2D eigenvalue weighted by molar-refractivity contribution is -0.139. The molecule has 0 aromatic rings. The van der Waals surface area contributed by atoms with Gasteiger partial charge in [0.05, 0.1) is 6.61 Å². The molecule has 0 aliphatic heterocycles. The third-order valence-electron chi connectivity index (χ3n) is 1.95. The number of carboxylic acid groups (broad SMARTS) is 1. The minimum atomic E-state index is -1.40. The van der Waals surface area contributed by atoms with Gasteiger partial charge in [0.15, 0.2) is 0 Å². The second-order valence-corrected chi connectivity index (χ2v) is 6.45. The van der Waals surface area contributed by atoms with E-state index in [1.165, 1.54) is 13.8 Å². The summed E-state index contributed by atoms with van der Waals surface area (Å²) in [5.41, 5.74) is 0. The topological polar surface area (TPSA) is 63.6 Å². The number of rotatable bonds is 7. The number of ether oxygens (including phenoxy) is 1. The van der Waals surface area contributed by atoms with Gasteiger partial charge in [-0.2, -0.15) is 0 Å². The van der Waals surface area contributed by atoms with Crippen molar-refractivity contribution in [2.24, 2.45) is 5.92 Å². The highest BCUT2D eigenvalue weighted by Gasteiger charge is 2.33. The predicted molar refractivity (Wildman–Crippen MR) is 60.4 cm³/mol. The van der Waals surface area contributed by atoms with E-state index in [9.17, 15) is 9.00 Å². The van der Waals surface area contributed by atoms with Crippen molar-refractivity contribution in [2.45, 2.75) is 32.4 Å². The van der Waals surface area contributed by atoms with Crippen LogP contribution in [0.2, 0.25) is 0 Å². The summed E-state index contributed by atoms with van der Waals surface area (Å²) >= 11 is 0. The summed E-state index contributed by atoms with van der Waals surface area (Å²) in [5.74, 6) is -0.331. The van der Waals surface area contributed by atoms with Crippen LogP contribution in [0.1, 0.15) is 27.7 Å². The van der Waals surface area contributed by atoms with Crippen molar-refractivity contribution < 1.29 is 18.8 Å². The predicted octanol–water partition coefficient (Wildman–Crippen LogP) is 1.27. The fourth-order valence-corrected chi connectivity index (χ4v) is 1.78. The lowest BCUT2D eigenvalue weighted by Crippen LogP contribution is -2.38. The molecule has 0 fully saturated rings. The van der Waals surface area contributed by atoms with Gasteiger partial charge in [0.25, 0.3) is 0 Å². The van der Waals surface area contributed by atoms with E-state index in [2.05, 4.69) is 0 Å². The summed E-state index contributed by atoms with van der Waals surface area (Å²) in [5, 5.41) is 8.82. The number of hydrogen-bond donors (Lipinski definition) is 1. The number of carbonyl (C=O) groups is 1. The first-order valence-electron chi connectivity index (χ1n) is 4.98. The molecule has 0 aromatic heterocycles. The number of aliphatic carboxylic acids is 1. The van der Waals surface area contributed by atoms with Gasteiger partial charge < -0.3 is 9.84 Å². The highest BCUT2D eigenvalue weighted by molar-refractivity contribution is 7.87. The molecule has 0 saturated carbocycles. The summed E-state index contributed by atoms with van der Waals surface area (Å²) in [4.78, 5) is 10.8. The van der Waals surface area contributed by atoms with Gasteiger partial charge in [0.2, 0.25) is 0 Å². The Balaban J connectivity index is 3.89. The fraction of sp³-hybridized carbons (Fsp3) is 0.900. The van der Waals surface area contributed by atoms with E-state index in [1.54, 1.807) is 0 Å². The first-order valence-corrected chi connectivity index (χ1v) is 6.30. The van der Waals surface area contributed by atoms with Crippen LogP contribution in [0.3, 0.4) is 0 Å². The Kier molecular flexibility index (Phi) is 6.05. The quantitative estimate of drug-likeness (QED) is 0.676. The molecule has 1 atom stereocenters. The zero-order valence-electron chi connectivity index (χ0n) is 9.78. The van der Waals surface area contributed by atoms with E-state index >= 15 is 0 Å². The van der Waals surface area contributed by atoms with Crippen LogP contribution in [0.25, 0.3) is 0 Å². The van der Waals surface area contributed by atoms with Crippen molar-refractivity contribution >= 4 is 16.8 Å². The fourth-order valence-electron chi connectivity index (χ4n) is 0.806. The van der Waals surface area contributed by atoms with Crippen LogP contribution < -0.4 is 0 Å². The van der Waals surface area contributed by atoms with E-state index in [4.69, 9.17) is 9.84 Å². The molecular weight excluding hydrogens is 216 g/mol. The minimum Gasteiger partial charge on any atom is -0.480 e. The average Bonchev–Trinajstić information content (AvgIpc) is 2.11. The molecular formula is C10H20O4S. The largest absolute Gasteiger partial charge is 0.480 e. The normalized spacial score (nSPS) is 14.2. The van der Waals surface area contributed by atoms with E-state index in [0.717, 1.165) is 0 Å². The Hall–Kier alpha value is -0.420. The second-order valence-electron chi connectivity index (χ2n) is 4.33. The smallest absolute Gasteiger partial charge is 0.321 e. The van der Waals surface area contributed by atoms with E-state index in [1.807, 2.05) is 13.8 Å². The third-order valence-corrected chi connectivity index (χ3v) is 3.80. The van der Waals surface area contributed by atoms with E-state index in [0.29, 0.717) is 19.1 Å². The molecule has 0 aromatic carbocycles. The molecule has 0 radical (unpaired) electrons. The first kappa shape index (κ1) is 14.6. The minimum absolute atomic E-state index is 0.270. The molecule has 1 unspecified atom stereocenters. The summed E-state index contributed by atoms with van der Waals surface area (Å²) in [6, 6.07) is 0. The highest BCUT2D eigenvalue weighted by Crippen LogP contribution is 2.13. The van der Waals surface area contributed by atoms with Gasteiger partial charge in [-0.1, -0.05) is 13.8 Å². The standard InChI is InChI=1S/C10H20O4S/c1-8(2)7-14-5-6-15(13)10(3,4)9(11)12/h8H,5-7H2,1-4H3,(H,11,12). The lowest BCUT2D eigenvalue weighted by Gasteiger charge is -2.18. The monoisotopic (exact) mass is 236 g/mol. The van der Waals surface area contributed by atoms with Gasteiger partial charge in [0.1, 0.15) is 4.75 Å². The number of carboxylic acids is 1.